The summed E-state index contributed by atoms with van der Waals surface area (Å²) >= 11 is 6.04. The molecule has 0 aromatic heterocycles. The fourth-order valence-corrected chi connectivity index (χ4v) is 2.45. The smallest absolute Gasteiger partial charge is 0.250 e. The summed E-state index contributed by atoms with van der Waals surface area (Å²) < 4.78 is 13.4. The maximum atomic E-state index is 13.4. The van der Waals surface area contributed by atoms with Gasteiger partial charge in [0.25, 0.3) is 5.91 Å². The normalized spacial score (nSPS) is 23.2. The quantitative estimate of drug-likeness (QED) is 0.911. The number of nitrogens with zero attached hydrogens (tertiary/aromatic N) is 1. The van der Waals surface area contributed by atoms with Crippen LogP contribution in [0, 0.1) is 11.7 Å². The second kappa shape index (κ2) is 5.40. The van der Waals surface area contributed by atoms with Gasteiger partial charge in [-0.15, -0.1) is 0 Å². The first-order chi connectivity index (χ1) is 9.32. The number of carbonyl (C=O) groups is 2. The molecule has 2 amide bonds. The molecule has 1 heterocycles. The van der Waals surface area contributed by atoms with Crippen molar-refractivity contribution in [2.24, 2.45) is 5.92 Å². The molecule has 1 N–H and O–H groups in total. The molecule has 1 saturated heterocycles. The maximum Gasteiger partial charge on any atom is 0.250 e. The van der Waals surface area contributed by atoms with Gasteiger partial charge >= 0.3 is 0 Å². The van der Waals surface area contributed by atoms with Crippen LogP contribution in [0.4, 0.5) is 10.1 Å². The third-order valence-corrected chi connectivity index (χ3v) is 3.72. The van der Waals surface area contributed by atoms with Gasteiger partial charge in [-0.05, 0) is 31.0 Å². The number of hydrogen-bond donors (Lipinski definition) is 1. The Kier molecular flexibility index (Phi) is 3.99. The van der Waals surface area contributed by atoms with E-state index >= 15 is 0 Å². The van der Waals surface area contributed by atoms with E-state index in [1.165, 1.54) is 23.1 Å². The van der Waals surface area contributed by atoms with Gasteiger partial charge in [-0.1, -0.05) is 25.4 Å². The summed E-state index contributed by atoms with van der Waals surface area (Å²) in [6.07, 6.45) is 0. The number of hydrogen-bond acceptors (Lipinski definition) is 2. The lowest BCUT2D eigenvalue weighted by molar-refractivity contribution is -0.134. The molecule has 0 saturated carbocycles. The number of anilines is 1. The van der Waals surface area contributed by atoms with Crippen molar-refractivity contribution in [2.75, 3.05) is 4.90 Å². The van der Waals surface area contributed by atoms with Crippen LogP contribution in [0.25, 0.3) is 0 Å². The van der Waals surface area contributed by atoms with Gasteiger partial charge < -0.3 is 5.32 Å². The number of benzene rings is 1. The predicted octanol–water partition coefficient (Wildman–Crippen LogP) is 2.36. The summed E-state index contributed by atoms with van der Waals surface area (Å²) in [5.41, 5.74) is 0.227. The molecule has 1 aliphatic heterocycles. The van der Waals surface area contributed by atoms with Crippen LogP contribution in [0.15, 0.2) is 18.2 Å². The number of amides is 2. The van der Waals surface area contributed by atoms with Crippen molar-refractivity contribution in [3.63, 3.8) is 0 Å². The highest BCUT2D eigenvalue weighted by Gasteiger charge is 2.40. The van der Waals surface area contributed by atoms with Crippen molar-refractivity contribution in [3.8, 4) is 0 Å². The van der Waals surface area contributed by atoms with Crippen LogP contribution < -0.4 is 10.2 Å². The summed E-state index contributed by atoms with van der Waals surface area (Å²) in [7, 11) is 0. The Bertz CT molecular complexity index is 562. The van der Waals surface area contributed by atoms with E-state index in [1.54, 1.807) is 6.92 Å². The van der Waals surface area contributed by atoms with Crippen molar-refractivity contribution in [1.82, 2.24) is 5.32 Å². The number of halogens is 2. The van der Waals surface area contributed by atoms with E-state index in [0.29, 0.717) is 0 Å². The van der Waals surface area contributed by atoms with Crippen LogP contribution in [-0.2, 0) is 9.59 Å². The lowest BCUT2D eigenvalue weighted by atomic mass is 9.98. The van der Waals surface area contributed by atoms with Crippen LogP contribution >= 0.6 is 11.6 Å². The van der Waals surface area contributed by atoms with Crippen molar-refractivity contribution >= 4 is 29.1 Å². The number of nitrogens with one attached hydrogen (secondary N) is 1. The van der Waals surface area contributed by atoms with Crippen LogP contribution in [0.2, 0.25) is 5.02 Å². The van der Waals surface area contributed by atoms with Crippen molar-refractivity contribution in [3.05, 3.63) is 29.0 Å². The average Bonchev–Trinajstić information content (AvgIpc) is 2.37. The summed E-state index contributed by atoms with van der Waals surface area (Å²) in [5.74, 6) is -1.12. The maximum absolute atomic E-state index is 13.4. The Hall–Kier alpha value is -1.62. The van der Waals surface area contributed by atoms with E-state index < -0.39 is 17.9 Å². The molecule has 1 fully saturated rings. The molecule has 108 valence electrons. The molecule has 0 bridgehead atoms. The van der Waals surface area contributed by atoms with E-state index in [9.17, 15) is 14.0 Å². The van der Waals surface area contributed by atoms with Gasteiger partial charge in [0.2, 0.25) is 5.91 Å². The third-order valence-electron chi connectivity index (χ3n) is 3.40. The average molecular weight is 299 g/mol. The van der Waals surface area contributed by atoms with Crippen LogP contribution in [0.3, 0.4) is 0 Å². The molecule has 2 rings (SSSR count). The summed E-state index contributed by atoms with van der Waals surface area (Å²) in [6, 6.07) is 2.41. The Morgan fingerprint density at radius 1 is 1.35 bits per heavy atom. The minimum absolute atomic E-state index is 0.0613. The highest BCUT2D eigenvalue weighted by molar-refractivity contribution is 6.34. The molecular weight excluding hydrogens is 283 g/mol. The molecule has 2 unspecified atom stereocenters. The fourth-order valence-electron chi connectivity index (χ4n) is 2.24. The molecular formula is C14H16ClFN2O2. The van der Waals surface area contributed by atoms with E-state index in [4.69, 9.17) is 11.6 Å². The van der Waals surface area contributed by atoms with E-state index in [0.717, 1.165) is 0 Å². The second-order valence-electron chi connectivity index (χ2n) is 5.21. The summed E-state index contributed by atoms with van der Waals surface area (Å²) in [6.45, 7) is 5.26. The van der Waals surface area contributed by atoms with Gasteiger partial charge in [-0.25, -0.2) is 4.39 Å². The molecule has 1 aromatic carbocycles. The molecule has 1 aliphatic rings. The van der Waals surface area contributed by atoms with Gasteiger partial charge in [-0.3, -0.25) is 14.5 Å². The standard InChI is InChI=1S/C14H16ClFN2O2/c1-7(2)12-14(20)18(8(3)13(19)17-12)11-6-9(16)4-5-10(11)15/h4-8,12H,1-3H3,(H,17,19). The van der Waals surface area contributed by atoms with E-state index in [-0.39, 0.29) is 28.4 Å². The Morgan fingerprint density at radius 3 is 2.60 bits per heavy atom. The van der Waals surface area contributed by atoms with E-state index in [1.807, 2.05) is 13.8 Å². The Labute approximate surface area is 121 Å². The molecule has 0 radical (unpaired) electrons. The lowest BCUT2D eigenvalue weighted by Gasteiger charge is -2.39. The van der Waals surface area contributed by atoms with Gasteiger partial charge in [-0.2, -0.15) is 0 Å². The van der Waals surface area contributed by atoms with Crippen LogP contribution in [0.5, 0.6) is 0 Å². The molecule has 0 aliphatic carbocycles. The van der Waals surface area contributed by atoms with Crippen LogP contribution in [-0.4, -0.2) is 23.9 Å². The van der Waals surface area contributed by atoms with Crippen LogP contribution in [0.1, 0.15) is 20.8 Å². The topological polar surface area (TPSA) is 49.4 Å². The number of rotatable bonds is 2. The summed E-state index contributed by atoms with van der Waals surface area (Å²) in [5, 5.41) is 2.92. The third kappa shape index (κ3) is 2.50. The van der Waals surface area contributed by atoms with Gasteiger partial charge in [0, 0.05) is 0 Å². The van der Waals surface area contributed by atoms with E-state index in [2.05, 4.69) is 5.32 Å². The van der Waals surface area contributed by atoms with Crippen molar-refractivity contribution in [2.45, 2.75) is 32.9 Å². The molecule has 1 aromatic rings. The minimum atomic E-state index is -0.725. The van der Waals surface area contributed by atoms with Crippen molar-refractivity contribution in [1.29, 1.82) is 0 Å². The molecule has 20 heavy (non-hydrogen) atoms. The first-order valence-electron chi connectivity index (χ1n) is 6.41. The lowest BCUT2D eigenvalue weighted by Crippen LogP contribution is -2.64. The van der Waals surface area contributed by atoms with Gasteiger partial charge in [0.1, 0.15) is 17.9 Å². The Morgan fingerprint density at radius 2 is 2.00 bits per heavy atom. The Balaban J connectivity index is 2.48. The second-order valence-corrected chi connectivity index (χ2v) is 5.62. The van der Waals surface area contributed by atoms with Crippen molar-refractivity contribution < 1.29 is 14.0 Å². The highest BCUT2D eigenvalue weighted by atomic mass is 35.5. The van der Waals surface area contributed by atoms with Gasteiger partial charge in [0.15, 0.2) is 0 Å². The monoisotopic (exact) mass is 298 g/mol. The fraction of sp³-hybridized carbons (Fsp3) is 0.429. The summed E-state index contributed by atoms with van der Waals surface area (Å²) in [4.78, 5) is 25.8. The SMILES string of the molecule is CC(C)C1NC(=O)C(C)N(c2cc(F)ccc2Cl)C1=O. The zero-order chi connectivity index (χ0) is 15.0. The highest BCUT2D eigenvalue weighted by Crippen LogP contribution is 2.31. The molecule has 6 heteroatoms. The molecule has 4 nitrogen and oxygen atoms in total. The number of piperazine rings is 1. The molecule has 0 spiro atoms. The first-order valence-corrected chi connectivity index (χ1v) is 6.79. The zero-order valence-corrected chi connectivity index (χ0v) is 12.2. The number of carbonyl (C=O) groups excluding carboxylic acids is 2. The minimum Gasteiger partial charge on any atom is -0.342 e. The largest absolute Gasteiger partial charge is 0.342 e. The first kappa shape index (κ1) is 14.8. The van der Waals surface area contributed by atoms with Gasteiger partial charge in [0.05, 0.1) is 10.7 Å². The predicted molar refractivity (Wildman–Crippen MR) is 75.1 cm³/mol. The molecule has 2 atom stereocenters. The zero-order valence-electron chi connectivity index (χ0n) is 11.5.